The number of hydrogen-bond donors (Lipinski definition) is 3. The Labute approximate surface area is 110 Å². The van der Waals surface area contributed by atoms with Crippen molar-refractivity contribution >= 4 is 11.7 Å². The van der Waals surface area contributed by atoms with Crippen LogP contribution >= 0.6 is 0 Å². The summed E-state index contributed by atoms with van der Waals surface area (Å²) in [4.78, 5) is 11.4. The number of aliphatic hydroxyl groups is 1. The number of benzene rings is 1. The van der Waals surface area contributed by atoms with Crippen LogP contribution in [0.15, 0.2) is 18.2 Å². The molecule has 6 heteroatoms. The largest absolute Gasteiger partial charge is 0.393 e. The van der Waals surface area contributed by atoms with Gasteiger partial charge >= 0.3 is 6.03 Å². The quantitative estimate of drug-likeness (QED) is 0.771. The molecular weight excluding hydrogens is 254 g/mol. The molecule has 1 rings (SSSR count). The van der Waals surface area contributed by atoms with E-state index < -0.39 is 23.8 Å². The van der Waals surface area contributed by atoms with Gasteiger partial charge in [-0.1, -0.05) is 13.8 Å². The Morgan fingerprint density at radius 1 is 1.26 bits per heavy atom. The lowest BCUT2D eigenvalue weighted by Gasteiger charge is -2.14. The predicted molar refractivity (Wildman–Crippen MR) is 68.8 cm³/mol. The number of urea groups is 1. The fourth-order valence-corrected chi connectivity index (χ4v) is 1.47. The number of aliphatic hydroxyl groups excluding tert-OH is 1. The van der Waals surface area contributed by atoms with E-state index in [1.807, 2.05) is 13.8 Å². The van der Waals surface area contributed by atoms with E-state index in [1.54, 1.807) is 0 Å². The van der Waals surface area contributed by atoms with Crippen molar-refractivity contribution in [3.8, 4) is 0 Å². The summed E-state index contributed by atoms with van der Waals surface area (Å²) in [5, 5.41) is 14.3. The summed E-state index contributed by atoms with van der Waals surface area (Å²) in [5.41, 5.74) is 0.0411. The highest BCUT2D eigenvalue weighted by Crippen LogP contribution is 2.12. The Hall–Kier alpha value is -1.69. The third kappa shape index (κ3) is 5.65. The molecule has 4 nitrogen and oxygen atoms in total. The summed E-state index contributed by atoms with van der Waals surface area (Å²) in [6.45, 7) is 4.03. The zero-order valence-electron chi connectivity index (χ0n) is 10.9. The van der Waals surface area contributed by atoms with Gasteiger partial charge in [-0.2, -0.15) is 0 Å². The molecule has 0 aliphatic carbocycles. The number of hydrogen-bond acceptors (Lipinski definition) is 2. The van der Waals surface area contributed by atoms with Crippen molar-refractivity contribution < 1.29 is 18.7 Å². The Balaban J connectivity index is 2.39. The maximum absolute atomic E-state index is 12.9. The van der Waals surface area contributed by atoms with Crippen LogP contribution in [-0.2, 0) is 0 Å². The first-order valence-corrected chi connectivity index (χ1v) is 6.07. The molecule has 0 fully saturated rings. The molecule has 1 atom stereocenters. The number of carbonyl (C=O) groups is 1. The molecule has 3 N–H and O–H groups in total. The average Bonchev–Trinajstić information content (AvgIpc) is 2.26. The van der Waals surface area contributed by atoms with Crippen molar-refractivity contribution in [2.24, 2.45) is 5.92 Å². The Kier molecular flexibility index (Phi) is 5.69. The van der Waals surface area contributed by atoms with Gasteiger partial charge in [0.1, 0.15) is 11.6 Å². The standard InChI is InChI=1S/C13H18F2N2O2/c1-8(2)12(18)3-4-16-13(19)17-11-6-9(14)5-10(15)7-11/h5-8,12,18H,3-4H2,1-2H3,(H2,16,17,19). The molecule has 2 amide bonds. The van der Waals surface area contributed by atoms with Crippen molar-refractivity contribution in [3.05, 3.63) is 29.8 Å². The summed E-state index contributed by atoms with van der Waals surface area (Å²) >= 11 is 0. The monoisotopic (exact) mass is 272 g/mol. The zero-order valence-corrected chi connectivity index (χ0v) is 10.9. The van der Waals surface area contributed by atoms with Gasteiger partial charge in [0.05, 0.1) is 6.10 Å². The van der Waals surface area contributed by atoms with Gasteiger partial charge in [0.15, 0.2) is 0 Å². The number of rotatable bonds is 5. The van der Waals surface area contributed by atoms with E-state index in [1.165, 1.54) is 0 Å². The van der Waals surface area contributed by atoms with Crippen molar-refractivity contribution in [1.82, 2.24) is 5.32 Å². The molecule has 106 valence electrons. The SMILES string of the molecule is CC(C)C(O)CCNC(=O)Nc1cc(F)cc(F)c1. The topological polar surface area (TPSA) is 61.4 Å². The van der Waals surface area contributed by atoms with E-state index >= 15 is 0 Å². The van der Waals surface area contributed by atoms with Gasteiger partial charge in [0, 0.05) is 18.3 Å². The molecular formula is C13H18F2N2O2. The van der Waals surface area contributed by atoms with Crippen LogP contribution in [0, 0.1) is 17.6 Å². The molecule has 1 aromatic carbocycles. The Bertz CT molecular complexity index is 418. The van der Waals surface area contributed by atoms with Gasteiger partial charge in [-0.25, -0.2) is 13.6 Å². The highest BCUT2D eigenvalue weighted by Gasteiger charge is 2.10. The molecule has 0 saturated carbocycles. The lowest BCUT2D eigenvalue weighted by Crippen LogP contribution is -2.32. The van der Waals surface area contributed by atoms with Gasteiger partial charge < -0.3 is 15.7 Å². The lowest BCUT2D eigenvalue weighted by atomic mass is 10.0. The molecule has 0 saturated heterocycles. The highest BCUT2D eigenvalue weighted by molar-refractivity contribution is 5.89. The first-order valence-electron chi connectivity index (χ1n) is 6.07. The lowest BCUT2D eigenvalue weighted by molar-refractivity contribution is 0.117. The number of nitrogens with one attached hydrogen (secondary N) is 2. The first-order chi connectivity index (χ1) is 8.88. The molecule has 1 aromatic rings. The van der Waals surface area contributed by atoms with E-state index in [4.69, 9.17) is 0 Å². The van der Waals surface area contributed by atoms with Crippen LogP contribution in [0.3, 0.4) is 0 Å². The first kappa shape index (κ1) is 15.4. The molecule has 19 heavy (non-hydrogen) atoms. The van der Waals surface area contributed by atoms with Crippen molar-refractivity contribution in [1.29, 1.82) is 0 Å². The molecule has 0 aromatic heterocycles. The van der Waals surface area contributed by atoms with E-state index in [-0.39, 0.29) is 18.2 Å². The second-order valence-corrected chi connectivity index (χ2v) is 4.64. The number of halogens is 2. The molecule has 0 radical (unpaired) electrons. The third-order valence-corrected chi connectivity index (χ3v) is 2.62. The van der Waals surface area contributed by atoms with Crippen molar-refractivity contribution in [3.63, 3.8) is 0 Å². The van der Waals surface area contributed by atoms with Crippen LogP contribution in [0.1, 0.15) is 20.3 Å². The average molecular weight is 272 g/mol. The van der Waals surface area contributed by atoms with Crippen LogP contribution in [0.25, 0.3) is 0 Å². The molecule has 0 aliphatic rings. The normalized spacial score (nSPS) is 12.3. The highest BCUT2D eigenvalue weighted by atomic mass is 19.1. The van der Waals surface area contributed by atoms with Crippen LogP contribution in [0.4, 0.5) is 19.3 Å². The van der Waals surface area contributed by atoms with Crippen LogP contribution < -0.4 is 10.6 Å². The summed E-state index contributed by atoms with van der Waals surface area (Å²) in [5.74, 6) is -1.40. The van der Waals surface area contributed by atoms with E-state index in [0.29, 0.717) is 6.42 Å². The van der Waals surface area contributed by atoms with Crippen LogP contribution in [0.2, 0.25) is 0 Å². The Morgan fingerprint density at radius 3 is 2.37 bits per heavy atom. The molecule has 0 spiro atoms. The van der Waals surface area contributed by atoms with Crippen molar-refractivity contribution in [2.75, 3.05) is 11.9 Å². The molecule has 1 unspecified atom stereocenters. The smallest absolute Gasteiger partial charge is 0.319 e. The number of amides is 2. The van der Waals surface area contributed by atoms with E-state index in [2.05, 4.69) is 10.6 Å². The van der Waals surface area contributed by atoms with Gasteiger partial charge in [-0.05, 0) is 24.5 Å². The maximum Gasteiger partial charge on any atom is 0.319 e. The maximum atomic E-state index is 12.9. The fraction of sp³-hybridized carbons (Fsp3) is 0.462. The zero-order chi connectivity index (χ0) is 14.4. The number of anilines is 1. The van der Waals surface area contributed by atoms with Gasteiger partial charge in [0.25, 0.3) is 0 Å². The predicted octanol–water partition coefficient (Wildman–Crippen LogP) is 2.49. The van der Waals surface area contributed by atoms with Gasteiger partial charge in [0.2, 0.25) is 0 Å². The van der Waals surface area contributed by atoms with Crippen molar-refractivity contribution in [2.45, 2.75) is 26.4 Å². The molecule has 0 bridgehead atoms. The second kappa shape index (κ2) is 7.04. The fourth-order valence-electron chi connectivity index (χ4n) is 1.47. The minimum absolute atomic E-state index is 0.0411. The molecule has 0 heterocycles. The van der Waals surface area contributed by atoms with Crippen LogP contribution in [-0.4, -0.2) is 23.8 Å². The molecule has 0 aliphatic heterocycles. The minimum atomic E-state index is -0.759. The summed E-state index contributed by atoms with van der Waals surface area (Å²) in [6, 6.07) is 2.19. The van der Waals surface area contributed by atoms with Gasteiger partial charge in [-0.3, -0.25) is 0 Å². The Morgan fingerprint density at radius 2 is 1.84 bits per heavy atom. The van der Waals surface area contributed by atoms with E-state index in [0.717, 1.165) is 18.2 Å². The third-order valence-electron chi connectivity index (χ3n) is 2.62. The summed E-state index contributed by atoms with van der Waals surface area (Å²) < 4.78 is 25.8. The summed E-state index contributed by atoms with van der Waals surface area (Å²) in [6.07, 6.45) is -0.0744. The minimum Gasteiger partial charge on any atom is -0.393 e. The summed E-state index contributed by atoms with van der Waals surface area (Å²) in [7, 11) is 0. The van der Waals surface area contributed by atoms with Gasteiger partial charge in [-0.15, -0.1) is 0 Å². The number of carbonyl (C=O) groups excluding carboxylic acids is 1. The van der Waals surface area contributed by atoms with E-state index in [9.17, 15) is 18.7 Å². The second-order valence-electron chi connectivity index (χ2n) is 4.64. The van der Waals surface area contributed by atoms with Crippen LogP contribution in [0.5, 0.6) is 0 Å².